The van der Waals surface area contributed by atoms with E-state index in [0.717, 1.165) is 57.2 Å². The fourth-order valence-corrected chi connectivity index (χ4v) is 5.90. The van der Waals surface area contributed by atoms with Gasteiger partial charge in [0, 0.05) is 34.6 Å². The van der Waals surface area contributed by atoms with Gasteiger partial charge in [0.25, 0.3) is 0 Å². The van der Waals surface area contributed by atoms with E-state index < -0.39 is 10.8 Å². The van der Waals surface area contributed by atoms with Crippen LogP contribution in [0.4, 0.5) is 0 Å². The maximum absolute atomic E-state index is 5.17. The van der Waals surface area contributed by atoms with E-state index in [1.807, 2.05) is 62.6 Å². The van der Waals surface area contributed by atoms with Gasteiger partial charge in [-0.2, -0.15) is 0 Å². The Labute approximate surface area is 253 Å². The van der Waals surface area contributed by atoms with Crippen LogP contribution in [0.5, 0.6) is 0 Å². The van der Waals surface area contributed by atoms with Crippen molar-refractivity contribution in [1.82, 2.24) is 39.0 Å². The van der Waals surface area contributed by atoms with E-state index in [-0.39, 0.29) is 20.4 Å². The van der Waals surface area contributed by atoms with Gasteiger partial charge in [-0.3, -0.25) is 0 Å². The topological polar surface area (TPSA) is 89.6 Å². The van der Waals surface area contributed by atoms with Crippen LogP contribution in [0, 0.1) is 13.8 Å². The Morgan fingerprint density at radius 2 is 0.927 bits per heavy atom. The number of rotatable bonds is 2. The van der Waals surface area contributed by atoms with Crippen LogP contribution >= 0.6 is 0 Å². The Kier molecular flexibility index (Phi) is 6.29. The molecule has 0 aliphatic carbocycles. The molecule has 8 nitrogen and oxygen atoms in total. The minimum Gasteiger partial charge on any atom is -0.438 e. The molecule has 41 heavy (non-hydrogen) atoms. The molecule has 0 fully saturated rings. The van der Waals surface area contributed by atoms with Crippen molar-refractivity contribution in [1.29, 1.82) is 0 Å². The molecular weight excluding hydrogens is 603 g/mol. The molecule has 0 radical (unpaired) electrons. The van der Waals surface area contributed by atoms with Crippen LogP contribution in [0.3, 0.4) is 0 Å². The minimum absolute atomic E-state index is 0. The summed E-state index contributed by atoms with van der Waals surface area (Å²) in [6.07, 6.45) is 4.07. The minimum atomic E-state index is -0.567. The third-order valence-corrected chi connectivity index (χ3v) is 7.91. The second-order valence-electron chi connectivity index (χ2n) is 11.5. The van der Waals surface area contributed by atoms with Crippen molar-refractivity contribution in [3.63, 3.8) is 0 Å². The summed E-state index contributed by atoms with van der Waals surface area (Å²) in [6.45, 7) is 12.6. The van der Waals surface area contributed by atoms with Gasteiger partial charge in [-0.15, -0.1) is 0 Å². The molecule has 2 aromatic carbocycles. The zero-order valence-electron chi connectivity index (χ0n) is 23.8. The van der Waals surface area contributed by atoms with Gasteiger partial charge in [-0.1, -0.05) is 59.2 Å². The smallest absolute Gasteiger partial charge is 0.438 e. The number of hydrogen-bond acceptors (Lipinski definition) is 4. The Bertz CT molecular complexity index is 1730. The standard InChI is InChI=1S/C32H30N8.Pd/c1-19-25-31(3,4)29-36-24(18-39(29)21-13-9-7-10-14-21)28-34-20(2)26(38-28)32(5,6)30-35-23(27(33-19)37-25)17-40(30)22-15-11-8-12-16-22;/h7-18H,1-6H3;/q-2;+2. The molecule has 9 heteroatoms. The number of fused-ring (bicyclic) bond motifs is 10. The Hall–Kier alpha value is -4.06. The van der Waals surface area contributed by atoms with Crippen molar-refractivity contribution in [2.24, 2.45) is 0 Å². The average molecular weight is 633 g/mol. The van der Waals surface area contributed by atoms with Gasteiger partial charge in [0.2, 0.25) is 0 Å². The third-order valence-electron chi connectivity index (χ3n) is 7.91. The third kappa shape index (κ3) is 4.15. The molecule has 208 valence electrons. The predicted molar refractivity (Wildman–Crippen MR) is 154 cm³/mol. The van der Waals surface area contributed by atoms with Crippen molar-refractivity contribution in [2.75, 3.05) is 0 Å². The van der Waals surface area contributed by atoms with Crippen LogP contribution < -0.4 is 9.97 Å². The van der Waals surface area contributed by atoms with Gasteiger partial charge in [0.1, 0.15) is 11.6 Å². The van der Waals surface area contributed by atoms with E-state index in [9.17, 15) is 0 Å². The van der Waals surface area contributed by atoms with E-state index in [1.165, 1.54) is 0 Å². The summed E-state index contributed by atoms with van der Waals surface area (Å²) in [5.74, 6) is 2.90. The fraction of sp³-hybridized carbons (Fsp3) is 0.250. The molecule has 0 N–H and O–H groups in total. The van der Waals surface area contributed by atoms with Crippen molar-refractivity contribution < 1.29 is 20.4 Å². The fourth-order valence-electron chi connectivity index (χ4n) is 5.90. The first-order chi connectivity index (χ1) is 19.1. The summed E-state index contributed by atoms with van der Waals surface area (Å²) in [7, 11) is 0. The second-order valence-corrected chi connectivity index (χ2v) is 11.5. The van der Waals surface area contributed by atoms with Gasteiger partial charge < -0.3 is 29.1 Å². The number of para-hydroxylation sites is 2. The number of aromatic nitrogens is 8. The number of benzene rings is 2. The molecule has 0 unspecified atom stereocenters. The molecule has 4 aromatic heterocycles. The van der Waals surface area contributed by atoms with Gasteiger partial charge >= 0.3 is 20.4 Å². The largest absolute Gasteiger partial charge is 2.00 e. The van der Waals surface area contributed by atoms with E-state index >= 15 is 0 Å². The molecule has 0 spiro atoms. The van der Waals surface area contributed by atoms with Crippen molar-refractivity contribution in [3.8, 4) is 34.4 Å². The first-order valence-electron chi connectivity index (χ1n) is 13.5. The van der Waals surface area contributed by atoms with Gasteiger partial charge in [-0.25, -0.2) is 9.97 Å². The molecule has 1 aliphatic heterocycles. The van der Waals surface area contributed by atoms with Gasteiger partial charge in [-0.05, 0) is 77.5 Å². The molecule has 0 saturated carbocycles. The van der Waals surface area contributed by atoms with E-state index in [2.05, 4.69) is 61.1 Å². The maximum atomic E-state index is 5.17. The first-order valence-corrected chi connectivity index (χ1v) is 13.5. The van der Waals surface area contributed by atoms with Crippen molar-refractivity contribution >= 4 is 0 Å². The average Bonchev–Trinajstić information content (AvgIpc) is 3.73. The normalized spacial score (nSPS) is 14.8. The predicted octanol–water partition coefficient (Wildman–Crippen LogP) is 5.68. The first kappa shape index (κ1) is 27.1. The van der Waals surface area contributed by atoms with Crippen molar-refractivity contribution in [3.05, 3.63) is 107 Å². The monoisotopic (exact) mass is 632 g/mol. The van der Waals surface area contributed by atoms with Crippen molar-refractivity contribution in [2.45, 2.75) is 52.4 Å². The summed E-state index contributed by atoms with van der Waals surface area (Å²) in [5, 5.41) is 0. The maximum Gasteiger partial charge on any atom is 2.00 e. The molecule has 0 atom stereocenters. The SMILES string of the molecule is Cc1nc2[n-]c1C(C)(C)c1nc(cn1-c1ccccc1)-c1nc(C)c([n-]1)C(C)(C)c1nc-2cn1-c1ccccc1.[Pd+2]. The van der Waals surface area contributed by atoms with E-state index in [1.54, 1.807) is 0 Å². The summed E-state index contributed by atoms with van der Waals surface area (Å²) in [5.41, 5.74) is 5.78. The zero-order valence-corrected chi connectivity index (χ0v) is 25.4. The Balaban J connectivity index is 0.00000302. The summed E-state index contributed by atoms with van der Waals surface area (Å²) in [4.78, 5) is 30.4. The molecule has 5 heterocycles. The van der Waals surface area contributed by atoms with Crippen LogP contribution in [0.2, 0.25) is 0 Å². The molecule has 8 bridgehead atoms. The molecule has 6 aromatic rings. The Morgan fingerprint density at radius 3 is 1.29 bits per heavy atom. The molecular formula is C32H30N8Pd. The molecule has 1 aliphatic rings. The summed E-state index contributed by atoms with van der Waals surface area (Å²) < 4.78 is 4.25. The number of aryl methyl sites for hydroxylation is 2. The number of nitrogens with zero attached hydrogens (tertiary/aromatic N) is 8. The second kappa shape index (κ2) is 9.51. The quantitative estimate of drug-likeness (QED) is 0.228. The van der Waals surface area contributed by atoms with Crippen LogP contribution in [0.25, 0.3) is 34.4 Å². The number of hydrogen-bond donors (Lipinski definition) is 0. The number of imidazole rings is 4. The summed E-state index contributed by atoms with van der Waals surface area (Å²) >= 11 is 0. The van der Waals surface area contributed by atoms with Gasteiger partial charge in [0.05, 0.1) is 11.4 Å². The zero-order chi connectivity index (χ0) is 27.8. The van der Waals surface area contributed by atoms with E-state index in [0.29, 0.717) is 11.6 Å². The Morgan fingerprint density at radius 1 is 0.561 bits per heavy atom. The van der Waals surface area contributed by atoms with Crippen LogP contribution in [0.1, 0.15) is 62.1 Å². The van der Waals surface area contributed by atoms with Crippen LogP contribution in [-0.4, -0.2) is 29.1 Å². The van der Waals surface area contributed by atoms with Crippen LogP contribution in [0.15, 0.2) is 73.1 Å². The molecule has 0 amide bonds. The van der Waals surface area contributed by atoms with Gasteiger partial charge in [0.15, 0.2) is 0 Å². The van der Waals surface area contributed by atoms with Crippen LogP contribution in [-0.2, 0) is 31.3 Å². The summed E-state index contributed by atoms with van der Waals surface area (Å²) in [6, 6.07) is 20.5. The van der Waals surface area contributed by atoms with E-state index in [4.69, 9.17) is 29.9 Å². The molecule has 7 rings (SSSR count). The molecule has 0 saturated heterocycles.